The number of ether oxygens (including phenoxy) is 2. The molecule has 1 fully saturated rings. The van der Waals surface area contributed by atoms with Crippen molar-refractivity contribution in [3.8, 4) is 28.1 Å². The summed E-state index contributed by atoms with van der Waals surface area (Å²) < 4.78 is 13.7. The zero-order valence-electron chi connectivity index (χ0n) is 38.1. The van der Waals surface area contributed by atoms with Gasteiger partial charge >= 0.3 is 5.97 Å². The molecule has 342 valence electrons. The maximum atomic E-state index is 14.6. The molecular weight excluding hydrogens is 819 g/mol. The van der Waals surface area contributed by atoms with Crippen molar-refractivity contribution in [2.45, 2.75) is 91.3 Å². The molecule has 16 heteroatoms. The van der Waals surface area contributed by atoms with E-state index < -0.39 is 58.7 Å². The SMILES string of the molecule is C=CC(=O)N(C)CC(=O)N(C)[C@H](C(=O)N[C@H]1Cc2cc(O)cc(c2)-c2ccc3c(c2)c(c(-c2cccnc2COC)n3CC)CC(C)(C)COC(=O)[C@@]2(O)CCCN(N2)C1=O)C(C)C. The molecule has 6 rings (SSSR count). The highest BCUT2D eigenvalue weighted by Crippen LogP contribution is 2.41. The van der Waals surface area contributed by atoms with Crippen molar-refractivity contribution in [2.75, 3.05) is 40.9 Å². The molecule has 4 heterocycles. The van der Waals surface area contributed by atoms with Crippen LogP contribution in [0, 0.1) is 11.3 Å². The lowest BCUT2D eigenvalue weighted by atomic mass is 9.84. The fourth-order valence-corrected chi connectivity index (χ4v) is 8.84. The number of fused-ring (bicyclic) bond motifs is 6. The Balaban J connectivity index is 1.48. The minimum absolute atomic E-state index is 0.0473. The third kappa shape index (κ3) is 9.98. The zero-order valence-corrected chi connectivity index (χ0v) is 38.1. The van der Waals surface area contributed by atoms with E-state index >= 15 is 0 Å². The van der Waals surface area contributed by atoms with Crippen molar-refractivity contribution in [3.63, 3.8) is 0 Å². The van der Waals surface area contributed by atoms with Gasteiger partial charge in [-0.2, -0.15) is 5.43 Å². The van der Waals surface area contributed by atoms with Crippen LogP contribution in [0.15, 0.2) is 67.4 Å². The van der Waals surface area contributed by atoms with Gasteiger partial charge in [-0.25, -0.2) is 4.79 Å². The molecule has 0 radical (unpaired) electrons. The van der Waals surface area contributed by atoms with E-state index in [1.165, 1.54) is 30.0 Å². The summed E-state index contributed by atoms with van der Waals surface area (Å²) in [6, 6.07) is 12.7. The highest BCUT2D eigenvalue weighted by Gasteiger charge is 2.45. The molecule has 2 aromatic carbocycles. The average Bonchev–Trinajstić information content (AvgIpc) is 3.55. The summed E-state index contributed by atoms with van der Waals surface area (Å²) in [5, 5.41) is 28.0. The van der Waals surface area contributed by atoms with E-state index in [1.807, 2.05) is 44.2 Å². The first-order valence-corrected chi connectivity index (χ1v) is 21.6. The van der Waals surface area contributed by atoms with Gasteiger partial charge in [-0.05, 0) is 90.4 Å². The lowest BCUT2D eigenvalue weighted by Crippen LogP contribution is -2.67. The van der Waals surface area contributed by atoms with Gasteiger partial charge in [-0.3, -0.25) is 29.2 Å². The van der Waals surface area contributed by atoms with Crippen LogP contribution < -0.4 is 10.7 Å². The van der Waals surface area contributed by atoms with Gasteiger partial charge < -0.3 is 39.4 Å². The fraction of sp³-hybridized carbons (Fsp3) is 0.458. The summed E-state index contributed by atoms with van der Waals surface area (Å²) in [6.07, 6.45) is 3.34. The monoisotopic (exact) mass is 879 g/mol. The maximum absolute atomic E-state index is 14.6. The molecule has 16 nitrogen and oxygen atoms in total. The molecule has 2 aliphatic heterocycles. The number of nitrogens with zero attached hydrogens (tertiary/aromatic N) is 5. The number of aromatic hydroxyl groups is 1. The van der Waals surface area contributed by atoms with Crippen molar-refractivity contribution in [1.29, 1.82) is 0 Å². The molecule has 0 unspecified atom stereocenters. The number of carbonyl (C=O) groups excluding carboxylic acids is 5. The molecule has 1 saturated heterocycles. The van der Waals surface area contributed by atoms with Crippen LogP contribution in [0.1, 0.15) is 64.3 Å². The highest BCUT2D eigenvalue weighted by molar-refractivity contribution is 5.96. The molecule has 2 aromatic heterocycles. The number of aryl methyl sites for hydroxylation is 1. The number of benzene rings is 2. The second-order valence-corrected chi connectivity index (χ2v) is 18.0. The number of cyclic esters (lactones) is 1. The van der Waals surface area contributed by atoms with Crippen LogP contribution in [0.2, 0.25) is 0 Å². The minimum Gasteiger partial charge on any atom is -0.508 e. The summed E-state index contributed by atoms with van der Waals surface area (Å²) in [6.45, 7) is 13.6. The number of phenols is 1. The summed E-state index contributed by atoms with van der Waals surface area (Å²) >= 11 is 0. The van der Waals surface area contributed by atoms with Crippen LogP contribution in [0.5, 0.6) is 5.75 Å². The number of hydrogen-bond donors (Lipinski definition) is 4. The lowest BCUT2D eigenvalue weighted by molar-refractivity contribution is -0.189. The van der Waals surface area contributed by atoms with E-state index in [-0.39, 0.29) is 51.3 Å². The lowest BCUT2D eigenvalue weighted by Gasteiger charge is -2.40. The summed E-state index contributed by atoms with van der Waals surface area (Å²) in [4.78, 5) is 75.5. The van der Waals surface area contributed by atoms with Crippen molar-refractivity contribution >= 4 is 40.5 Å². The predicted octanol–water partition coefficient (Wildman–Crippen LogP) is 4.34. The van der Waals surface area contributed by atoms with Gasteiger partial charge in [0.2, 0.25) is 23.4 Å². The largest absolute Gasteiger partial charge is 0.508 e. The first-order valence-electron chi connectivity index (χ1n) is 21.6. The van der Waals surface area contributed by atoms with Crippen molar-refractivity contribution in [2.24, 2.45) is 11.3 Å². The first-order chi connectivity index (χ1) is 30.3. The third-order valence-electron chi connectivity index (χ3n) is 12.0. The first kappa shape index (κ1) is 47.4. The van der Waals surface area contributed by atoms with Crippen LogP contribution in [0.3, 0.4) is 0 Å². The number of pyridine rings is 1. The van der Waals surface area contributed by atoms with E-state index in [0.717, 1.165) is 50.1 Å². The number of hydrogen-bond acceptors (Lipinski definition) is 11. The van der Waals surface area contributed by atoms with Crippen LogP contribution >= 0.6 is 0 Å². The molecule has 0 saturated carbocycles. The number of aliphatic hydroxyl groups is 1. The average molecular weight is 880 g/mol. The van der Waals surface area contributed by atoms with Gasteiger partial charge in [0.05, 0.1) is 31.1 Å². The molecular formula is C48H61N7O9. The maximum Gasteiger partial charge on any atom is 0.355 e. The Kier molecular flexibility index (Phi) is 14.3. The molecule has 2 aliphatic rings. The Labute approximate surface area is 374 Å². The normalized spacial score (nSPS) is 19.4. The quantitative estimate of drug-likeness (QED) is 0.124. The predicted molar refractivity (Wildman–Crippen MR) is 241 cm³/mol. The molecule has 4 aromatic rings. The minimum atomic E-state index is -2.27. The van der Waals surface area contributed by atoms with Crippen LogP contribution in [0.25, 0.3) is 33.3 Å². The number of methoxy groups -OCH3 is 1. The van der Waals surface area contributed by atoms with Crippen molar-refractivity contribution in [1.82, 2.24) is 35.1 Å². The number of carbonyl (C=O) groups is 5. The van der Waals surface area contributed by atoms with Crippen LogP contribution in [0.4, 0.5) is 0 Å². The molecule has 64 heavy (non-hydrogen) atoms. The Bertz CT molecular complexity index is 2440. The van der Waals surface area contributed by atoms with Crippen molar-refractivity contribution in [3.05, 3.63) is 84.2 Å². The smallest absolute Gasteiger partial charge is 0.355 e. The summed E-state index contributed by atoms with van der Waals surface area (Å²) in [7, 11) is 4.54. The van der Waals surface area contributed by atoms with E-state index in [4.69, 9.17) is 9.47 Å². The number of likely N-dealkylation sites (N-methyl/N-ethyl adjacent to an activating group) is 2. The number of hydrazine groups is 1. The van der Waals surface area contributed by atoms with Crippen LogP contribution in [-0.4, -0.2) is 123 Å². The molecule has 3 atom stereocenters. The van der Waals surface area contributed by atoms with Gasteiger partial charge in [-0.15, -0.1) is 0 Å². The van der Waals surface area contributed by atoms with Gasteiger partial charge in [0.25, 0.3) is 5.91 Å². The number of nitrogens with one attached hydrogen (secondary N) is 2. The Morgan fingerprint density at radius 3 is 2.56 bits per heavy atom. The third-order valence-corrected chi connectivity index (χ3v) is 12.0. The number of aromatic nitrogens is 2. The molecule has 0 spiro atoms. The van der Waals surface area contributed by atoms with Gasteiger partial charge in [0.15, 0.2) is 0 Å². The molecule has 4 N–H and O–H groups in total. The van der Waals surface area contributed by atoms with Crippen molar-refractivity contribution < 1.29 is 43.7 Å². The van der Waals surface area contributed by atoms with Gasteiger partial charge in [0, 0.05) is 75.2 Å². The second-order valence-electron chi connectivity index (χ2n) is 18.0. The number of esters is 1. The highest BCUT2D eigenvalue weighted by atomic mass is 16.6. The molecule has 6 bridgehead atoms. The number of rotatable bonds is 11. The van der Waals surface area contributed by atoms with Crippen LogP contribution in [-0.2, 0) is 59.4 Å². The van der Waals surface area contributed by atoms with E-state index in [0.29, 0.717) is 24.1 Å². The van der Waals surface area contributed by atoms with E-state index in [2.05, 4.69) is 39.9 Å². The Hall–Kier alpha value is -6.10. The second kappa shape index (κ2) is 19.3. The van der Waals surface area contributed by atoms with E-state index in [1.54, 1.807) is 33.2 Å². The summed E-state index contributed by atoms with van der Waals surface area (Å²) in [5.74, 6) is -3.73. The fourth-order valence-electron chi connectivity index (χ4n) is 8.84. The standard InChI is InChI=1S/C48H61N7O9/c1-10-40(57)52(7)26-41(58)53(8)42(29(3)4)44(59)50-37-22-30-20-32(23-33(56)21-30)31-15-16-39-35(24-31)36(43(54(39)11-2)34-14-12-18-49-38(34)27-63-9)25-47(5,6)28-64-46(61)48(62)17-13-19-55(51-48)45(37)60/h10,12,14-16,18,20-21,23-24,29,37,42,51,56,62H,1,11,13,17,19,22,25-28H2,2-9H3,(H,50,59)/t37-,42-,48-/m0/s1. The topological polar surface area (TPSA) is 196 Å². The Morgan fingerprint density at radius 2 is 1.88 bits per heavy atom. The number of phenolic OH excluding ortho intramolecular Hbond substituents is 1. The number of amides is 4. The Morgan fingerprint density at radius 1 is 1.12 bits per heavy atom. The molecule has 0 aliphatic carbocycles. The molecule has 4 amide bonds. The van der Waals surface area contributed by atoms with Gasteiger partial charge in [-0.1, -0.05) is 46.4 Å². The zero-order chi connectivity index (χ0) is 46.7. The van der Waals surface area contributed by atoms with Gasteiger partial charge in [0.1, 0.15) is 17.8 Å². The van der Waals surface area contributed by atoms with E-state index in [9.17, 15) is 34.2 Å². The summed E-state index contributed by atoms with van der Waals surface area (Å²) in [5.41, 5.74) is 6.30.